The summed E-state index contributed by atoms with van der Waals surface area (Å²) >= 11 is 3.45. The average Bonchev–Trinajstić information content (AvgIpc) is 2.84. The molecule has 3 nitrogen and oxygen atoms in total. The molecule has 4 heteroatoms. The van der Waals surface area contributed by atoms with Crippen molar-refractivity contribution in [2.75, 3.05) is 7.11 Å². The molecule has 18 heavy (non-hydrogen) atoms. The van der Waals surface area contributed by atoms with Crippen LogP contribution in [-0.4, -0.2) is 12.1 Å². The molecule has 0 aliphatic rings. The van der Waals surface area contributed by atoms with Crippen molar-refractivity contribution < 1.29 is 9.15 Å². The first-order valence-electron chi connectivity index (χ1n) is 5.47. The lowest BCUT2D eigenvalue weighted by Gasteiger charge is -1.99. The van der Waals surface area contributed by atoms with Gasteiger partial charge in [0.15, 0.2) is 5.58 Å². The van der Waals surface area contributed by atoms with Crippen molar-refractivity contribution in [2.45, 2.75) is 0 Å². The molecule has 0 amide bonds. The lowest BCUT2D eigenvalue weighted by Crippen LogP contribution is -1.82. The van der Waals surface area contributed by atoms with Gasteiger partial charge in [0.05, 0.1) is 11.6 Å². The molecule has 0 aliphatic carbocycles. The number of methoxy groups -OCH3 is 1. The predicted octanol–water partition coefficient (Wildman–Crippen LogP) is 4.27. The third kappa shape index (κ3) is 1.88. The third-order valence-corrected chi connectivity index (χ3v) is 3.33. The second-order valence-electron chi connectivity index (χ2n) is 3.84. The first-order chi connectivity index (χ1) is 8.78. The number of aromatic nitrogens is 1. The number of ether oxygens (including phenoxy) is 1. The standard InChI is InChI=1S/C14H10BrNO2/c1-17-10-7-5-9(6-8-10)14-16-12-4-2-3-11(15)13(12)18-14/h2-8H,1H3. The molecule has 0 aliphatic heterocycles. The van der Waals surface area contributed by atoms with E-state index in [1.807, 2.05) is 42.5 Å². The van der Waals surface area contributed by atoms with Gasteiger partial charge in [-0.25, -0.2) is 4.98 Å². The van der Waals surface area contributed by atoms with Crippen LogP contribution in [0.25, 0.3) is 22.6 Å². The summed E-state index contributed by atoms with van der Waals surface area (Å²) in [4.78, 5) is 4.46. The molecule has 1 heterocycles. The summed E-state index contributed by atoms with van der Waals surface area (Å²) in [5.74, 6) is 1.43. The fourth-order valence-electron chi connectivity index (χ4n) is 1.77. The number of hydrogen-bond acceptors (Lipinski definition) is 3. The van der Waals surface area contributed by atoms with Crippen LogP contribution < -0.4 is 4.74 Å². The van der Waals surface area contributed by atoms with Crippen molar-refractivity contribution >= 4 is 27.0 Å². The summed E-state index contributed by atoms with van der Waals surface area (Å²) in [7, 11) is 1.64. The fourth-order valence-corrected chi connectivity index (χ4v) is 2.21. The van der Waals surface area contributed by atoms with Gasteiger partial charge in [0.2, 0.25) is 5.89 Å². The van der Waals surface area contributed by atoms with Crippen LogP contribution in [-0.2, 0) is 0 Å². The molecule has 0 radical (unpaired) electrons. The largest absolute Gasteiger partial charge is 0.497 e. The molecule has 1 aromatic heterocycles. The van der Waals surface area contributed by atoms with E-state index in [1.54, 1.807) is 7.11 Å². The Bertz CT molecular complexity index is 689. The minimum absolute atomic E-state index is 0.611. The number of hydrogen-bond donors (Lipinski definition) is 0. The summed E-state index contributed by atoms with van der Waals surface area (Å²) in [6, 6.07) is 13.4. The second kappa shape index (κ2) is 4.46. The number of benzene rings is 2. The van der Waals surface area contributed by atoms with E-state index in [1.165, 1.54) is 0 Å². The molecule has 2 aromatic carbocycles. The number of halogens is 1. The molecule has 3 rings (SSSR count). The van der Waals surface area contributed by atoms with E-state index in [-0.39, 0.29) is 0 Å². The molecule has 3 aromatic rings. The maximum Gasteiger partial charge on any atom is 0.227 e. The van der Waals surface area contributed by atoms with Crippen LogP contribution in [0.5, 0.6) is 5.75 Å². The van der Waals surface area contributed by atoms with E-state index in [0.29, 0.717) is 5.89 Å². The highest BCUT2D eigenvalue weighted by Gasteiger charge is 2.10. The van der Waals surface area contributed by atoms with Gasteiger partial charge in [-0.1, -0.05) is 6.07 Å². The maximum atomic E-state index is 5.76. The van der Waals surface area contributed by atoms with Crippen LogP contribution in [0.2, 0.25) is 0 Å². The van der Waals surface area contributed by atoms with Crippen LogP contribution in [0, 0.1) is 0 Å². The number of nitrogens with zero attached hydrogens (tertiary/aromatic N) is 1. The van der Waals surface area contributed by atoms with Crippen molar-refractivity contribution in [2.24, 2.45) is 0 Å². The normalized spacial score (nSPS) is 10.8. The fraction of sp³-hybridized carbons (Fsp3) is 0.0714. The zero-order valence-electron chi connectivity index (χ0n) is 9.68. The van der Waals surface area contributed by atoms with E-state index in [2.05, 4.69) is 20.9 Å². The maximum absolute atomic E-state index is 5.76. The number of rotatable bonds is 2. The Morgan fingerprint density at radius 1 is 1.11 bits per heavy atom. The Labute approximate surface area is 113 Å². The zero-order chi connectivity index (χ0) is 12.5. The molecule has 0 atom stereocenters. The minimum atomic E-state index is 0.611. The highest BCUT2D eigenvalue weighted by Crippen LogP contribution is 2.29. The van der Waals surface area contributed by atoms with Crippen LogP contribution in [0.1, 0.15) is 0 Å². The molecule has 0 saturated carbocycles. The summed E-state index contributed by atoms with van der Waals surface area (Å²) < 4.78 is 11.8. The Kier molecular flexibility index (Phi) is 2.80. The summed E-state index contributed by atoms with van der Waals surface area (Å²) in [5.41, 5.74) is 2.54. The summed E-state index contributed by atoms with van der Waals surface area (Å²) in [6.45, 7) is 0. The molecule has 0 N–H and O–H groups in total. The lowest BCUT2D eigenvalue weighted by atomic mass is 10.2. The Morgan fingerprint density at radius 3 is 2.56 bits per heavy atom. The highest BCUT2D eigenvalue weighted by atomic mass is 79.9. The quantitative estimate of drug-likeness (QED) is 0.709. The average molecular weight is 304 g/mol. The van der Waals surface area contributed by atoms with E-state index in [4.69, 9.17) is 9.15 Å². The van der Waals surface area contributed by atoms with Crippen LogP contribution >= 0.6 is 15.9 Å². The van der Waals surface area contributed by atoms with E-state index in [9.17, 15) is 0 Å². The smallest absolute Gasteiger partial charge is 0.227 e. The van der Waals surface area contributed by atoms with Crippen molar-refractivity contribution in [3.63, 3.8) is 0 Å². The number of fused-ring (bicyclic) bond motifs is 1. The van der Waals surface area contributed by atoms with Crippen molar-refractivity contribution in [1.82, 2.24) is 4.98 Å². The van der Waals surface area contributed by atoms with Gasteiger partial charge < -0.3 is 9.15 Å². The Balaban J connectivity index is 2.10. The molecule has 0 spiro atoms. The van der Waals surface area contributed by atoms with Gasteiger partial charge in [-0.3, -0.25) is 0 Å². The monoisotopic (exact) mass is 303 g/mol. The predicted molar refractivity (Wildman–Crippen MR) is 73.7 cm³/mol. The molecular weight excluding hydrogens is 294 g/mol. The molecule has 0 fully saturated rings. The molecule has 0 bridgehead atoms. The first kappa shape index (κ1) is 11.3. The number of para-hydroxylation sites is 1. The molecule has 0 unspecified atom stereocenters. The molecule has 90 valence electrons. The third-order valence-electron chi connectivity index (χ3n) is 2.70. The summed E-state index contributed by atoms with van der Waals surface area (Å²) in [6.07, 6.45) is 0. The van der Waals surface area contributed by atoms with Gasteiger partial charge in [-0.15, -0.1) is 0 Å². The van der Waals surface area contributed by atoms with Crippen LogP contribution in [0.3, 0.4) is 0 Å². The summed E-state index contributed by atoms with van der Waals surface area (Å²) in [5, 5.41) is 0. The molecule has 0 saturated heterocycles. The van der Waals surface area contributed by atoms with E-state index >= 15 is 0 Å². The second-order valence-corrected chi connectivity index (χ2v) is 4.69. The van der Waals surface area contributed by atoms with Crippen LogP contribution in [0.15, 0.2) is 51.4 Å². The van der Waals surface area contributed by atoms with Crippen molar-refractivity contribution in [3.05, 3.63) is 46.9 Å². The Morgan fingerprint density at radius 2 is 1.89 bits per heavy atom. The number of oxazole rings is 1. The van der Waals surface area contributed by atoms with Gasteiger partial charge in [-0.2, -0.15) is 0 Å². The van der Waals surface area contributed by atoms with E-state index in [0.717, 1.165) is 26.9 Å². The van der Waals surface area contributed by atoms with E-state index < -0.39 is 0 Å². The van der Waals surface area contributed by atoms with Gasteiger partial charge in [-0.05, 0) is 52.3 Å². The lowest BCUT2D eigenvalue weighted by molar-refractivity contribution is 0.415. The van der Waals surface area contributed by atoms with Gasteiger partial charge >= 0.3 is 0 Å². The first-order valence-corrected chi connectivity index (χ1v) is 6.27. The molecular formula is C14H10BrNO2. The highest BCUT2D eigenvalue weighted by molar-refractivity contribution is 9.10. The Hall–Kier alpha value is -1.81. The van der Waals surface area contributed by atoms with Gasteiger partial charge in [0.1, 0.15) is 11.3 Å². The zero-order valence-corrected chi connectivity index (χ0v) is 11.3. The topological polar surface area (TPSA) is 35.3 Å². The minimum Gasteiger partial charge on any atom is -0.497 e. The van der Waals surface area contributed by atoms with Crippen molar-refractivity contribution in [3.8, 4) is 17.2 Å². The SMILES string of the molecule is COc1ccc(-c2nc3cccc(Br)c3o2)cc1. The van der Waals surface area contributed by atoms with Crippen molar-refractivity contribution in [1.29, 1.82) is 0 Å². The van der Waals surface area contributed by atoms with Crippen LogP contribution in [0.4, 0.5) is 0 Å². The van der Waals surface area contributed by atoms with Gasteiger partial charge in [0, 0.05) is 5.56 Å². The van der Waals surface area contributed by atoms with Gasteiger partial charge in [0.25, 0.3) is 0 Å².